The minimum atomic E-state index is 0.803. The van der Waals surface area contributed by atoms with Crippen molar-refractivity contribution in [2.45, 2.75) is 32.2 Å². The third-order valence-corrected chi connectivity index (χ3v) is 4.73. The first-order chi connectivity index (χ1) is 11.3. The quantitative estimate of drug-likeness (QED) is 0.808. The third kappa shape index (κ3) is 4.80. The van der Waals surface area contributed by atoms with Crippen LogP contribution in [-0.2, 0) is 13.0 Å². The van der Waals surface area contributed by atoms with E-state index in [0.717, 1.165) is 24.6 Å². The molecule has 3 nitrogen and oxygen atoms in total. The maximum absolute atomic E-state index is 5.32. The minimum Gasteiger partial charge on any atom is -0.497 e. The van der Waals surface area contributed by atoms with E-state index in [0.29, 0.717) is 0 Å². The van der Waals surface area contributed by atoms with Gasteiger partial charge in [-0.1, -0.05) is 12.1 Å². The summed E-state index contributed by atoms with van der Waals surface area (Å²) >= 11 is 0. The van der Waals surface area contributed by atoms with Crippen molar-refractivity contribution in [3.05, 3.63) is 59.9 Å². The molecule has 3 heteroatoms. The number of methoxy groups -OCH3 is 1. The molecule has 1 saturated heterocycles. The van der Waals surface area contributed by atoms with Gasteiger partial charge in [-0.25, -0.2) is 0 Å². The summed E-state index contributed by atoms with van der Waals surface area (Å²) in [5, 5.41) is 0. The van der Waals surface area contributed by atoms with Gasteiger partial charge in [0, 0.05) is 25.5 Å². The maximum Gasteiger partial charge on any atom is 0.119 e. The molecule has 0 radical (unpaired) electrons. The molecular weight excluding hydrogens is 284 g/mol. The first-order valence-corrected chi connectivity index (χ1v) is 8.57. The number of benzene rings is 1. The van der Waals surface area contributed by atoms with E-state index >= 15 is 0 Å². The highest BCUT2D eigenvalue weighted by Crippen LogP contribution is 2.23. The molecule has 0 N–H and O–H groups in total. The summed E-state index contributed by atoms with van der Waals surface area (Å²) in [6, 6.07) is 12.7. The lowest BCUT2D eigenvalue weighted by Crippen LogP contribution is -2.35. The van der Waals surface area contributed by atoms with E-state index in [1.807, 2.05) is 18.5 Å². The van der Waals surface area contributed by atoms with Crippen LogP contribution < -0.4 is 4.74 Å². The number of likely N-dealkylation sites (tertiary alicyclic amines) is 1. The van der Waals surface area contributed by atoms with Crippen molar-refractivity contribution < 1.29 is 4.74 Å². The highest BCUT2D eigenvalue weighted by molar-refractivity contribution is 5.28. The van der Waals surface area contributed by atoms with Crippen LogP contribution in [0, 0.1) is 5.92 Å². The largest absolute Gasteiger partial charge is 0.497 e. The Balaban J connectivity index is 1.50. The molecule has 1 atom stereocenters. The Kier molecular flexibility index (Phi) is 5.65. The van der Waals surface area contributed by atoms with Crippen molar-refractivity contribution in [3.63, 3.8) is 0 Å². The summed E-state index contributed by atoms with van der Waals surface area (Å²) in [7, 11) is 1.73. The number of hydrogen-bond acceptors (Lipinski definition) is 3. The molecule has 0 saturated carbocycles. The van der Waals surface area contributed by atoms with Crippen LogP contribution in [-0.4, -0.2) is 30.1 Å². The number of aromatic nitrogens is 1. The van der Waals surface area contributed by atoms with Crippen LogP contribution >= 0.6 is 0 Å². The molecule has 1 aromatic heterocycles. The predicted molar refractivity (Wildman–Crippen MR) is 93.6 cm³/mol. The average Bonchev–Trinajstić information content (AvgIpc) is 2.61. The molecule has 0 bridgehead atoms. The van der Waals surface area contributed by atoms with Crippen LogP contribution in [0.1, 0.15) is 30.4 Å². The SMILES string of the molecule is COc1cccc(CC[C@@H]2CCCN(Cc3ccncc3)C2)c1. The van der Waals surface area contributed by atoms with Crippen molar-refractivity contribution in [3.8, 4) is 5.75 Å². The molecule has 0 amide bonds. The molecule has 23 heavy (non-hydrogen) atoms. The fourth-order valence-corrected chi connectivity index (χ4v) is 3.48. The van der Waals surface area contributed by atoms with Gasteiger partial charge in [0.1, 0.15) is 5.75 Å². The molecule has 2 aromatic rings. The van der Waals surface area contributed by atoms with Crippen LogP contribution in [0.2, 0.25) is 0 Å². The number of rotatable bonds is 6. The van der Waals surface area contributed by atoms with Gasteiger partial charge in [-0.3, -0.25) is 9.88 Å². The van der Waals surface area contributed by atoms with Crippen LogP contribution in [0.15, 0.2) is 48.8 Å². The summed E-state index contributed by atoms with van der Waals surface area (Å²) in [4.78, 5) is 6.69. The van der Waals surface area contributed by atoms with Gasteiger partial charge in [0.2, 0.25) is 0 Å². The Morgan fingerprint density at radius 3 is 2.87 bits per heavy atom. The van der Waals surface area contributed by atoms with Gasteiger partial charge in [0.05, 0.1) is 7.11 Å². The van der Waals surface area contributed by atoms with Gasteiger partial charge >= 0.3 is 0 Å². The molecule has 122 valence electrons. The highest BCUT2D eigenvalue weighted by Gasteiger charge is 2.19. The second-order valence-corrected chi connectivity index (χ2v) is 6.49. The zero-order valence-electron chi connectivity index (χ0n) is 13.9. The maximum atomic E-state index is 5.32. The van der Waals surface area contributed by atoms with E-state index in [9.17, 15) is 0 Å². The number of aryl methyl sites for hydroxylation is 1. The second kappa shape index (κ2) is 8.11. The fraction of sp³-hybridized carbons (Fsp3) is 0.450. The van der Waals surface area contributed by atoms with E-state index in [4.69, 9.17) is 4.74 Å². The number of piperidine rings is 1. The fourth-order valence-electron chi connectivity index (χ4n) is 3.48. The van der Waals surface area contributed by atoms with Gasteiger partial charge in [0.25, 0.3) is 0 Å². The van der Waals surface area contributed by atoms with E-state index in [2.05, 4.69) is 40.2 Å². The summed E-state index contributed by atoms with van der Waals surface area (Å²) in [6.07, 6.45) is 8.86. The summed E-state index contributed by atoms with van der Waals surface area (Å²) in [5.74, 6) is 1.77. The lowest BCUT2D eigenvalue weighted by molar-refractivity contribution is 0.162. The van der Waals surface area contributed by atoms with Crippen LogP contribution in [0.5, 0.6) is 5.75 Å². The van der Waals surface area contributed by atoms with Gasteiger partial charge in [-0.05, 0) is 73.5 Å². The predicted octanol–water partition coefficient (Wildman–Crippen LogP) is 3.94. The van der Waals surface area contributed by atoms with Gasteiger partial charge in [-0.15, -0.1) is 0 Å². The Morgan fingerprint density at radius 2 is 2.04 bits per heavy atom. The number of ether oxygens (including phenoxy) is 1. The summed E-state index contributed by atoms with van der Waals surface area (Å²) in [6.45, 7) is 3.49. The molecule has 0 aliphatic carbocycles. The van der Waals surface area contributed by atoms with Crippen molar-refractivity contribution in [1.82, 2.24) is 9.88 Å². The van der Waals surface area contributed by atoms with Crippen LogP contribution in [0.4, 0.5) is 0 Å². The lowest BCUT2D eigenvalue weighted by Gasteiger charge is -2.32. The van der Waals surface area contributed by atoms with Crippen molar-refractivity contribution in [1.29, 1.82) is 0 Å². The Morgan fingerprint density at radius 1 is 1.17 bits per heavy atom. The molecule has 1 aliphatic rings. The second-order valence-electron chi connectivity index (χ2n) is 6.49. The molecule has 1 fully saturated rings. The van der Waals surface area contributed by atoms with Crippen LogP contribution in [0.25, 0.3) is 0 Å². The smallest absolute Gasteiger partial charge is 0.119 e. The first kappa shape index (κ1) is 16.0. The van der Waals surface area contributed by atoms with Crippen molar-refractivity contribution in [2.24, 2.45) is 5.92 Å². The molecule has 3 rings (SSSR count). The Labute approximate surface area is 139 Å². The average molecular weight is 310 g/mol. The van der Waals surface area contributed by atoms with Gasteiger partial charge in [0.15, 0.2) is 0 Å². The standard InChI is InChI=1S/C20H26N2O/c1-23-20-6-2-4-17(14-20)7-8-18-5-3-13-22(15-18)16-19-9-11-21-12-10-19/h2,4,6,9-12,14,18H,3,5,7-8,13,15-16H2,1H3/t18-/m0/s1. The Hall–Kier alpha value is -1.87. The molecule has 0 unspecified atom stereocenters. The van der Waals surface area contributed by atoms with Crippen LogP contribution in [0.3, 0.4) is 0 Å². The van der Waals surface area contributed by atoms with Gasteiger partial charge < -0.3 is 4.74 Å². The molecule has 1 aromatic carbocycles. The number of nitrogens with zero attached hydrogens (tertiary/aromatic N) is 2. The Bertz CT molecular complexity index is 600. The molecule has 1 aliphatic heterocycles. The number of hydrogen-bond donors (Lipinski definition) is 0. The van der Waals surface area contributed by atoms with E-state index in [1.54, 1.807) is 7.11 Å². The molecular formula is C20H26N2O. The third-order valence-electron chi connectivity index (χ3n) is 4.73. The lowest BCUT2D eigenvalue weighted by atomic mass is 9.91. The first-order valence-electron chi connectivity index (χ1n) is 8.57. The highest BCUT2D eigenvalue weighted by atomic mass is 16.5. The van der Waals surface area contributed by atoms with E-state index < -0.39 is 0 Å². The van der Waals surface area contributed by atoms with E-state index in [-0.39, 0.29) is 0 Å². The van der Waals surface area contributed by atoms with E-state index in [1.165, 1.54) is 43.5 Å². The van der Waals surface area contributed by atoms with Crippen molar-refractivity contribution in [2.75, 3.05) is 20.2 Å². The van der Waals surface area contributed by atoms with Gasteiger partial charge in [-0.2, -0.15) is 0 Å². The molecule has 0 spiro atoms. The van der Waals surface area contributed by atoms with Crippen molar-refractivity contribution >= 4 is 0 Å². The minimum absolute atomic E-state index is 0.803. The summed E-state index contributed by atoms with van der Waals surface area (Å²) < 4.78 is 5.32. The zero-order chi connectivity index (χ0) is 15.9. The summed E-state index contributed by atoms with van der Waals surface area (Å²) in [5.41, 5.74) is 2.75. The zero-order valence-corrected chi connectivity index (χ0v) is 13.9. The molecule has 2 heterocycles. The monoisotopic (exact) mass is 310 g/mol. The topological polar surface area (TPSA) is 25.4 Å². The number of pyridine rings is 1. The normalized spacial score (nSPS) is 18.7.